The fourth-order valence-corrected chi connectivity index (χ4v) is 1.94. The zero-order chi connectivity index (χ0) is 13.8. The van der Waals surface area contributed by atoms with Gasteiger partial charge < -0.3 is 5.32 Å². The number of amides is 1. The lowest BCUT2D eigenvalue weighted by molar-refractivity contribution is 0.102. The summed E-state index contributed by atoms with van der Waals surface area (Å²) in [5, 5.41) is 2.84. The maximum absolute atomic E-state index is 12.1. The van der Waals surface area contributed by atoms with Crippen molar-refractivity contribution < 1.29 is 4.79 Å². The van der Waals surface area contributed by atoms with Crippen molar-refractivity contribution in [3.05, 3.63) is 57.8 Å². The maximum Gasteiger partial charge on any atom is 0.255 e. The molecular weight excluding hydrogens is 304 g/mol. The summed E-state index contributed by atoms with van der Waals surface area (Å²) in [6.07, 6.45) is 2.60. The van der Waals surface area contributed by atoms with Crippen LogP contribution >= 0.6 is 15.9 Å². The average molecular weight is 319 g/mol. The molecule has 0 aliphatic carbocycles. The quantitative estimate of drug-likeness (QED) is 0.870. The number of nitrogens with zero attached hydrogens (tertiary/aromatic N) is 1. The van der Waals surface area contributed by atoms with Crippen LogP contribution in [0.3, 0.4) is 0 Å². The lowest BCUT2D eigenvalue weighted by atomic mass is 10.1. The molecule has 0 radical (unpaired) electrons. The molecule has 19 heavy (non-hydrogen) atoms. The van der Waals surface area contributed by atoms with Crippen LogP contribution in [0.15, 0.2) is 41.1 Å². The molecule has 0 spiro atoms. The van der Waals surface area contributed by atoms with Crippen molar-refractivity contribution in [3.8, 4) is 0 Å². The molecule has 0 atom stereocenters. The van der Waals surface area contributed by atoms with Crippen LogP contribution in [0.2, 0.25) is 0 Å². The molecule has 1 amide bonds. The van der Waals surface area contributed by atoms with Gasteiger partial charge in [-0.05, 0) is 58.6 Å². The number of pyridine rings is 1. The van der Waals surface area contributed by atoms with Crippen molar-refractivity contribution >= 4 is 27.5 Å². The first-order valence-electron chi connectivity index (χ1n) is 6.12. The Labute approximate surface area is 121 Å². The summed E-state index contributed by atoms with van der Waals surface area (Å²) < 4.78 is 0.790. The minimum absolute atomic E-state index is 0.119. The summed E-state index contributed by atoms with van der Waals surface area (Å²) in [7, 11) is 0. The van der Waals surface area contributed by atoms with Crippen molar-refractivity contribution in [2.24, 2.45) is 0 Å². The second-order valence-corrected chi connectivity index (χ2v) is 5.09. The lowest BCUT2D eigenvalue weighted by Crippen LogP contribution is -2.12. The summed E-state index contributed by atoms with van der Waals surface area (Å²) in [5.41, 5.74) is 3.56. The molecule has 0 unspecified atom stereocenters. The van der Waals surface area contributed by atoms with Gasteiger partial charge in [0.2, 0.25) is 0 Å². The Morgan fingerprint density at radius 2 is 2.00 bits per heavy atom. The van der Waals surface area contributed by atoms with Gasteiger partial charge in [-0.1, -0.05) is 19.1 Å². The van der Waals surface area contributed by atoms with Gasteiger partial charge in [-0.15, -0.1) is 0 Å². The molecule has 0 aliphatic rings. The van der Waals surface area contributed by atoms with Crippen LogP contribution < -0.4 is 5.32 Å². The van der Waals surface area contributed by atoms with E-state index in [2.05, 4.69) is 33.2 Å². The number of hydrogen-bond donors (Lipinski definition) is 1. The molecule has 0 fully saturated rings. The molecule has 1 aromatic heterocycles. The van der Waals surface area contributed by atoms with E-state index in [-0.39, 0.29) is 5.91 Å². The summed E-state index contributed by atoms with van der Waals surface area (Å²) in [4.78, 5) is 16.2. The number of halogens is 1. The molecule has 4 heteroatoms. The molecule has 0 saturated carbocycles. The molecule has 98 valence electrons. The van der Waals surface area contributed by atoms with E-state index in [0.29, 0.717) is 11.3 Å². The second kappa shape index (κ2) is 5.97. The summed E-state index contributed by atoms with van der Waals surface area (Å²) in [6, 6.07) is 9.51. The zero-order valence-corrected chi connectivity index (χ0v) is 12.5. The largest absolute Gasteiger partial charge is 0.321 e. The van der Waals surface area contributed by atoms with Gasteiger partial charge in [0.05, 0.1) is 11.9 Å². The zero-order valence-electron chi connectivity index (χ0n) is 10.9. The summed E-state index contributed by atoms with van der Waals surface area (Å²) in [5.74, 6) is -0.119. The van der Waals surface area contributed by atoms with Crippen molar-refractivity contribution in [1.29, 1.82) is 0 Å². The van der Waals surface area contributed by atoms with E-state index in [1.54, 1.807) is 6.20 Å². The number of hydrogen-bond acceptors (Lipinski definition) is 2. The van der Waals surface area contributed by atoms with E-state index in [9.17, 15) is 4.79 Å². The Morgan fingerprint density at radius 3 is 2.58 bits per heavy atom. The minimum Gasteiger partial charge on any atom is -0.321 e. The molecule has 0 saturated heterocycles. The molecule has 0 aliphatic heterocycles. The van der Waals surface area contributed by atoms with Crippen molar-refractivity contribution in [2.75, 3.05) is 5.32 Å². The Bertz CT molecular complexity index is 594. The molecule has 2 rings (SSSR count). The predicted molar refractivity (Wildman–Crippen MR) is 80.4 cm³/mol. The Balaban J connectivity index is 2.13. The first-order valence-corrected chi connectivity index (χ1v) is 6.92. The Hall–Kier alpha value is -1.68. The first-order chi connectivity index (χ1) is 9.10. The highest BCUT2D eigenvalue weighted by atomic mass is 79.9. The number of rotatable bonds is 3. The van der Waals surface area contributed by atoms with Crippen LogP contribution in [0.5, 0.6) is 0 Å². The number of aryl methyl sites for hydroxylation is 2. The third kappa shape index (κ3) is 3.41. The van der Waals surface area contributed by atoms with Crippen LogP contribution in [0.1, 0.15) is 28.4 Å². The number of aromatic nitrogens is 1. The molecule has 3 nitrogen and oxygen atoms in total. The minimum atomic E-state index is -0.119. The van der Waals surface area contributed by atoms with Gasteiger partial charge in [0, 0.05) is 5.56 Å². The lowest BCUT2D eigenvalue weighted by Gasteiger charge is -2.07. The van der Waals surface area contributed by atoms with Gasteiger partial charge >= 0.3 is 0 Å². The molecule has 2 aromatic rings. The van der Waals surface area contributed by atoms with E-state index in [1.165, 1.54) is 5.56 Å². The van der Waals surface area contributed by atoms with E-state index in [4.69, 9.17) is 0 Å². The van der Waals surface area contributed by atoms with E-state index in [1.807, 2.05) is 37.3 Å². The third-order valence-corrected chi connectivity index (χ3v) is 3.73. The fourth-order valence-electron chi connectivity index (χ4n) is 1.72. The number of carbonyl (C=O) groups is 1. The maximum atomic E-state index is 12.1. The third-order valence-electron chi connectivity index (χ3n) is 2.90. The summed E-state index contributed by atoms with van der Waals surface area (Å²) >= 11 is 3.33. The highest BCUT2D eigenvalue weighted by molar-refractivity contribution is 9.10. The summed E-state index contributed by atoms with van der Waals surface area (Å²) in [6.45, 7) is 4.02. The normalized spacial score (nSPS) is 10.3. The molecule has 1 N–H and O–H groups in total. The molecule has 1 heterocycles. The van der Waals surface area contributed by atoms with E-state index < -0.39 is 0 Å². The molecule has 1 aromatic carbocycles. The second-order valence-electron chi connectivity index (χ2n) is 4.34. The smallest absolute Gasteiger partial charge is 0.255 e. The van der Waals surface area contributed by atoms with E-state index >= 15 is 0 Å². The standard InChI is InChI=1S/C15H15BrN2O/c1-3-11-4-6-12(7-5-11)15(19)18-13-8-10(2)14(16)17-9-13/h4-9H,3H2,1-2H3,(H,18,19). The monoisotopic (exact) mass is 318 g/mol. The Kier molecular flexibility index (Phi) is 4.32. The van der Waals surface area contributed by atoms with E-state index in [0.717, 1.165) is 16.6 Å². The van der Waals surface area contributed by atoms with Crippen LogP contribution in [-0.4, -0.2) is 10.9 Å². The predicted octanol–water partition coefficient (Wildman–Crippen LogP) is 3.97. The fraction of sp³-hybridized carbons (Fsp3) is 0.200. The number of anilines is 1. The Morgan fingerprint density at radius 1 is 1.32 bits per heavy atom. The highest BCUT2D eigenvalue weighted by Gasteiger charge is 2.07. The van der Waals surface area contributed by atoms with Crippen LogP contribution in [0.4, 0.5) is 5.69 Å². The SMILES string of the molecule is CCc1ccc(C(=O)Nc2cnc(Br)c(C)c2)cc1. The van der Waals surface area contributed by atoms with Crippen molar-refractivity contribution in [3.63, 3.8) is 0 Å². The molecule has 0 bridgehead atoms. The highest BCUT2D eigenvalue weighted by Crippen LogP contribution is 2.17. The van der Waals surface area contributed by atoms with Gasteiger partial charge in [-0.2, -0.15) is 0 Å². The number of nitrogens with one attached hydrogen (secondary N) is 1. The average Bonchev–Trinajstić information content (AvgIpc) is 2.43. The van der Waals surface area contributed by atoms with Crippen LogP contribution in [0, 0.1) is 6.92 Å². The van der Waals surface area contributed by atoms with Crippen molar-refractivity contribution in [1.82, 2.24) is 4.98 Å². The molecular formula is C15H15BrN2O. The topological polar surface area (TPSA) is 42.0 Å². The van der Waals surface area contributed by atoms with Crippen LogP contribution in [-0.2, 0) is 6.42 Å². The van der Waals surface area contributed by atoms with Gasteiger partial charge in [-0.25, -0.2) is 4.98 Å². The first kappa shape index (κ1) is 13.7. The van der Waals surface area contributed by atoms with Crippen molar-refractivity contribution in [2.45, 2.75) is 20.3 Å². The van der Waals surface area contributed by atoms with Gasteiger partial charge in [0.15, 0.2) is 0 Å². The van der Waals surface area contributed by atoms with Gasteiger partial charge in [-0.3, -0.25) is 4.79 Å². The number of carbonyl (C=O) groups excluding carboxylic acids is 1. The van der Waals surface area contributed by atoms with Gasteiger partial charge in [0.25, 0.3) is 5.91 Å². The van der Waals surface area contributed by atoms with Crippen LogP contribution in [0.25, 0.3) is 0 Å². The number of benzene rings is 1. The van der Waals surface area contributed by atoms with Gasteiger partial charge in [0.1, 0.15) is 4.60 Å².